The maximum atomic E-state index is 12.0. The Balaban J connectivity index is 1.91. The highest BCUT2D eigenvalue weighted by Gasteiger charge is 2.32. The minimum absolute atomic E-state index is 0.0857. The first-order valence-electron chi connectivity index (χ1n) is 7.02. The van der Waals surface area contributed by atoms with Crippen molar-refractivity contribution in [3.63, 3.8) is 0 Å². The van der Waals surface area contributed by atoms with Gasteiger partial charge < -0.3 is 10.6 Å². The van der Waals surface area contributed by atoms with Gasteiger partial charge in [0.25, 0.3) is 0 Å². The summed E-state index contributed by atoms with van der Waals surface area (Å²) in [6.45, 7) is 4.77. The van der Waals surface area contributed by atoms with Crippen molar-refractivity contribution < 1.29 is 9.59 Å². The lowest BCUT2D eigenvalue weighted by Crippen LogP contribution is -2.28. The number of amides is 2. The molecule has 1 saturated heterocycles. The van der Waals surface area contributed by atoms with Crippen molar-refractivity contribution in [1.82, 2.24) is 5.32 Å². The summed E-state index contributed by atoms with van der Waals surface area (Å²) >= 11 is 7.29. The van der Waals surface area contributed by atoms with Gasteiger partial charge in [0.2, 0.25) is 11.8 Å². The van der Waals surface area contributed by atoms with E-state index in [0.717, 1.165) is 0 Å². The number of benzene rings is 1. The predicted octanol–water partition coefficient (Wildman–Crippen LogP) is 2.91. The molecule has 22 heavy (non-hydrogen) atoms. The Labute approximate surface area is 138 Å². The Hall–Kier alpha value is -1.53. The van der Waals surface area contributed by atoms with Crippen LogP contribution in [0, 0.1) is 5.92 Å². The standard InChI is InChI=1S/C15H18ClN3O2S/c1-9(2)8-17-15-19-14(21)12(22-15)7-13(20)18-11-6-4-3-5-10(11)16/h3-6,9,12H,7-8H2,1-2H3,(H,18,20)(H,17,19,21)/t12-/m0/s1. The average molecular weight is 340 g/mol. The quantitative estimate of drug-likeness (QED) is 0.866. The van der Waals surface area contributed by atoms with Crippen molar-refractivity contribution in [2.75, 3.05) is 11.9 Å². The van der Waals surface area contributed by atoms with Crippen molar-refractivity contribution in [3.05, 3.63) is 29.3 Å². The number of hydrogen-bond acceptors (Lipinski definition) is 4. The van der Waals surface area contributed by atoms with Crippen LogP contribution in [0.3, 0.4) is 0 Å². The van der Waals surface area contributed by atoms with Gasteiger partial charge >= 0.3 is 0 Å². The fourth-order valence-corrected chi connectivity index (χ4v) is 2.97. The molecule has 7 heteroatoms. The first-order valence-corrected chi connectivity index (χ1v) is 8.28. The van der Waals surface area contributed by atoms with Gasteiger partial charge in [-0.25, -0.2) is 0 Å². The summed E-state index contributed by atoms with van der Waals surface area (Å²) < 4.78 is 0. The van der Waals surface area contributed by atoms with Crippen LogP contribution < -0.4 is 10.6 Å². The zero-order chi connectivity index (χ0) is 16.1. The molecule has 2 amide bonds. The van der Waals surface area contributed by atoms with Gasteiger partial charge in [-0.3, -0.25) is 14.6 Å². The van der Waals surface area contributed by atoms with Crippen molar-refractivity contribution in [2.24, 2.45) is 10.9 Å². The number of halogens is 1. The van der Waals surface area contributed by atoms with E-state index in [0.29, 0.717) is 28.3 Å². The second-order valence-electron chi connectivity index (χ2n) is 5.37. The summed E-state index contributed by atoms with van der Waals surface area (Å²) in [6.07, 6.45) is 0.0857. The second kappa shape index (κ2) is 7.65. The van der Waals surface area contributed by atoms with Crippen LogP contribution in [0.5, 0.6) is 0 Å². The molecule has 0 spiro atoms. The summed E-state index contributed by atoms with van der Waals surface area (Å²) in [5, 5.41) is 6.04. The highest BCUT2D eigenvalue weighted by Crippen LogP contribution is 2.25. The Bertz CT molecular complexity index is 604. The summed E-state index contributed by atoms with van der Waals surface area (Å²) in [5.74, 6) is 0.000229. The summed E-state index contributed by atoms with van der Waals surface area (Å²) in [5.41, 5.74) is 0.547. The third-order valence-corrected chi connectivity index (χ3v) is 4.34. The lowest BCUT2D eigenvalue weighted by molar-refractivity contribution is -0.122. The molecule has 0 aromatic heterocycles. The van der Waals surface area contributed by atoms with Crippen molar-refractivity contribution in [2.45, 2.75) is 25.5 Å². The number of nitrogens with one attached hydrogen (secondary N) is 2. The maximum Gasteiger partial charge on any atom is 0.240 e. The van der Waals surface area contributed by atoms with Crippen LogP contribution in [0.25, 0.3) is 0 Å². The lowest BCUT2D eigenvalue weighted by atomic mass is 10.2. The van der Waals surface area contributed by atoms with Gasteiger partial charge in [-0.15, -0.1) is 0 Å². The van der Waals surface area contributed by atoms with Crippen molar-refractivity contribution >= 4 is 46.0 Å². The van der Waals surface area contributed by atoms with Gasteiger partial charge in [-0.2, -0.15) is 0 Å². The van der Waals surface area contributed by atoms with Crippen molar-refractivity contribution in [3.8, 4) is 0 Å². The Morgan fingerprint density at radius 3 is 2.86 bits per heavy atom. The molecule has 1 aliphatic rings. The van der Waals surface area contributed by atoms with Gasteiger partial charge in [-0.1, -0.05) is 49.3 Å². The topological polar surface area (TPSA) is 70.6 Å². The number of para-hydroxylation sites is 1. The molecule has 0 unspecified atom stereocenters. The van der Waals surface area contributed by atoms with E-state index in [1.54, 1.807) is 24.3 Å². The molecule has 1 atom stereocenters. The molecule has 1 aliphatic heterocycles. The molecule has 1 fully saturated rings. The lowest BCUT2D eigenvalue weighted by Gasteiger charge is -2.08. The molecule has 2 rings (SSSR count). The maximum absolute atomic E-state index is 12.0. The Morgan fingerprint density at radius 2 is 2.18 bits per heavy atom. The van der Waals surface area contributed by atoms with Crippen LogP contribution in [0.1, 0.15) is 20.3 Å². The van der Waals surface area contributed by atoms with E-state index in [4.69, 9.17) is 11.6 Å². The first-order chi connectivity index (χ1) is 10.5. The summed E-state index contributed by atoms with van der Waals surface area (Å²) in [7, 11) is 0. The molecule has 0 aliphatic carbocycles. The van der Waals surface area contributed by atoms with Crippen molar-refractivity contribution in [1.29, 1.82) is 0 Å². The molecule has 118 valence electrons. The van der Waals surface area contributed by atoms with Gasteiger partial charge in [-0.05, 0) is 18.1 Å². The molecule has 1 aromatic carbocycles. The van der Waals surface area contributed by atoms with E-state index in [1.165, 1.54) is 11.8 Å². The minimum Gasteiger partial charge on any atom is -0.325 e. The van der Waals surface area contributed by atoms with E-state index >= 15 is 0 Å². The highest BCUT2D eigenvalue weighted by molar-refractivity contribution is 8.15. The summed E-state index contributed by atoms with van der Waals surface area (Å²) in [4.78, 5) is 28.2. The number of carbonyl (C=O) groups excluding carboxylic acids is 2. The zero-order valence-corrected chi connectivity index (χ0v) is 14.0. The first kappa shape index (κ1) is 16.8. The third kappa shape index (κ3) is 4.74. The predicted molar refractivity (Wildman–Crippen MR) is 91.4 cm³/mol. The number of aliphatic imine (C=N–C) groups is 1. The molecule has 1 heterocycles. The normalized spacial score (nSPS) is 19.5. The van der Waals surface area contributed by atoms with E-state index in [1.807, 2.05) is 0 Å². The molecule has 2 N–H and O–H groups in total. The van der Waals surface area contributed by atoms with Crippen LogP contribution in [-0.2, 0) is 9.59 Å². The fraction of sp³-hybridized carbons (Fsp3) is 0.400. The molecular formula is C15H18ClN3O2S. The van der Waals surface area contributed by atoms with E-state index in [-0.39, 0.29) is 18.2 Å². The van der Waals surface area contributed by atoms with E-state index in [2.05, 4.69) is 29.5 Å². The van der Waals surface area contributed by atoms with Crippen LogP contribution in [-0.4, -0.2) is 28.8 Å². The van der Waals surface area contributed by atoms with Gasteiger partial charge in [0.1, 0.15) is 5.25 Å². The number of thioether (sulfide) groups is 1. The van der Waals surface area contributed by atoms with Crippen LogP contribution in [0.15, 0.2) is 29.3 Å². The molecule has 0 bridgehead atoms. The Morgan fingerprint density at radius 1 is 1.45 bits per heavy atom. The number of amidine groups is 1. The molecule has 0 radical (unpaired) electrons. The van der Waals surface area contributed by atoms with Crippen LogP contribution in [0.2, 0.25) is 5.02 Å². The summed E-state index contributed by atoms with van der Waals surface area (Å²) in [6, 6.07) is 6.99. The minimum atomic E-state index is -0.451. The SMILES string of the molecule is CC(C)CN=C1NC(=O)[C@H](CC(=O)Nc2ccccc2Cl)S1. The Kier molecular flexibility index (Phi) is 5.85. The van der Waals surface area contributed by atoms with E-state index in [9.17, 15) is 9.59 Å². The number of nitrogens with zero attached hydrogens (tertiary/aromatic N) is 1. The average Bonchev–Trinajstić information content (AvgIpc) is 2.79. The molecule has 1 aromatic rings. The number of rotatable bonds is 5. The highest BCUT2D eigenvalue weighted by atomic mass is 35.5. The molecule has 5 nitrogen and oxygen atoms in total. The monoisotopic (exact) mass is 339 g/mol. The molecular weight excluding hydrogens is 322 g/mol. The largest absolute Gasteiger partial charge is 0.325 e. The zero-order valence-electron chi connectivity index (χ0n) is 12.4. The number of carbonyl (C=O) groups is 2. The smallest absolute Gasteiger partial charge is 0.240 e. The third-order valence-electron chi connectivity index (χ3n) is 2.90. The number of hydrogen-bond donors (Lipinski definition) is 2. The van der Waals surface area contributed by atoms with E-state index < -0.39 is 5.25 Å². The number of anilines is 1. The molecule has 0 saturated carbocycles. The van der Waals surface area contributed by atoms with Gasteiger partial charge in [0, 0.05) is 13.0 Å². The fourth-order valence-electron chi connectivity index (χ4n) is 1.81. The van der Waals surface area contributed by atoms with Gasteiger partial charge in [0.05, 0.1) is 10.7 Å². The second-order valence-corrected chi connectivity index (χ2v) is 6.97. The van der Waals surface area contributed by atoms with Crippen LogP contribution in [0.4, 0.5) is 5.69 Å². The van der Waals surface area contributed by atoms with Gasteiger partial charge in [0.15, 0.2) is 5.17 Å². The van der Waals surface area contributed by atoms with Crippen LogP contribution >= 0.6 is 23.4 Å².